The second-order valence-electron chi connectivity index (χ2n) is 44.2. The first kappa shape index (κ1) is 124. The van der Waals surface area contributed by atoms with Crippen LogP contribution in [0.4, 0.5) is 9.59 Å². The molecule has 5 rings (SSSR count). The molecule has 5 unspecified atom stereocenters. The van der Waals surface area contributed by atoms with Crippen molar-refractivity contribution in [3.63, 3.8) is 0 Å². The summed E-state index contributed by atoms with van der Waals surface area (Å²) in [5, 5.41) is 54.4. The smallest absolute Gasteiger partial charge is 0.410 e. The Morgan fingerprint density at radius 2 is 0.912 bits per heavy atom. The molecule has 2 aliphatic rings. The van der Waals surface area contributed by atoms with E-state index in [0.29, 0.717) is 68.1 Å². The molecular formula is C86H173N13O21S5. The average Bonchev–Trinajstić information content (AvgIpc) is 1.76. The van der Waals surface area contributed by atoms with Gasteiger partial charge in [0.15, 0.2) is 15.8 Å². The number of aryl methyl sites for hydroxylation is 4. The Bertz CT molecular complexity index is 4180. The minimum Gasteiger partial charge on any atom is -0.444 e. The number of carbonyl (C=O) groups excluding carboxylic acids is 3. The standard InChI is InChI=1S/C14H27NO2.C12H23N3O3S.C11H21N3O3S.C11H20N2O4S.C11H23NO2.C10H21NO3S.C9H21NO3S.C8H17NO/c1-13(2,3)11-7-9-15(10-8-11)12(16)17-14(4,5)6;1-9-14-11(8-15(9)5)19(17,18)13-7-10(16)6-12(2,3)4;1-8-12-7-10(14-8)18(16,17)13-6-9(15)5-11(2,3)4;1-8-10(7-12-17-8)18(15,16)13-6-9(14)5-11(2,3)4;1-10(2,3)7-8-12-9(13)14-11(4,5)6;1-10(2,3)6-8(12)7-11-15(13,14)9-4-5-9;1-5-14(12,13)10-7-8(11)6-9(2,3)4;1-8(2,3)6-7(10)9(4)5/h11H,7-10H2,1-6H3;8,10,13,16H,6-7H2,1-5H3;7,9,13,15H,5-6H2,1-4H3,(H,12,14);7,9,13-14H,5-6H2,1-4H3;7-8H2,1-6H3,(H,12,13);8-9,11-12H,4-7H2,1-3H3;8,10-11H,5-7H2,1-4H3;6H2,1-5H3. The first-order valence-electron chi connectivity index (χ1n) is 43.0. The Kier molecular flexibility index (Phi) is 51.9. The van der Waals surface area contributed by atoms with Gasteiger partial charge in [-0.05, 0) is 183 Å². The zero-order valence-corrected chi connectivity index (χ0v) is 87.5. The Hall–Kier alpha value is -5.01. The molecule has 0 spiro atoms. The first-order valence-corrected chi connectivity index (χ1v) is 50.7. The SMILES string of the molecule is CC(C)(C)CC(O)CNS(=O)(=O)C1CC1.CC(C)(C)CCNC(=O)OC(C)(C)C.CC(C)(C)OC(=O)N1CCC(C(C)(C)C)CC1.CCS(=O)(=O)NCC(O)CC(C)(C)C.CN(C)C(=O)CC(C)(C)C.Cc1nc(S(=O)(=O)NCC(O)CC(C)(C)C)cn1C.Cc1ncc(S(=O)(=O)NCC(O)CC(C)(C)C)[nH]1.Cc1oncc1S(=O)(=O)NCC(O)CC(C)(C)C. The molecule has 3 aromatic heterocycles. The van der Waals surface area contributed by atoms with Crippen LogP contribution < -0.4 is 28.9 Å². The molecule has 5 atom stereocenters. The maximum absolute atomic E-state index is 12.0. The van der Waals surface area contributed by atoms with E-state index in [1.165, 1.54) is 19.3 Å². The predicted octanol–water partition coefficient (Wildman–Crippen LogP) is 12.4. The normalized spacial score (nSPS) is 15.6. The number of rotatable bonds is 28. The zero-order chi connectivity index (χ0) is 98.9. The second kappa shape index (κ2) is 52.3. The van der Waals surface area contributed by atoms with Crippen molar-refractivity contribution in [2.45, 2.75) is 368 Å². The van der Waals surface area contributed by atoms with Gasteiger partial charge in [0.25, 0.3) is 20.0 Å². The number of nitrogens with one attached hydrogen (secondary N) is 7. The number of sulfonamides is 5. The molecule has 1 saturated heterocycles. The number of aromatic nitrogens is 5. The maximum Gasteiger partial charge on any atom is 0.410 e. The summed E-state index contributed by atoms with van der Waals surface area (Å²) in [7, 11) is -12.0. The molecule has 1 aliphatic carbocycles. The molecule has 3 amide bonds. The summed E-state index contributed by atoms with van der Waals surface area (Å²) in [5.41, 5.74) is -0.221. The Labute approximate surface area is 755 Å². The van der Waals surface area contributed by atoms with Crippen LogP contribution in [0.5, 0.6) is 0 Å². The molecule has 1 aliphatic heterocycles. The third-order valence-electron chi connectivity index (χ3n) is 17.6. The fourth-order valence-electron chi connectivity index (χ4n) is 11.2. The van der Waals surface area contributed by atoms with Crippen LogP contribution in [0.1, 0.15) is 303 Å². The van der Waals surface area contributed by atoms with E-state index in [4.69, 9.17) is 14.0 Å². The molecule has 738 valence electrons. The van der Waals surface area contributed by atoms with E-state index < -0.39 is 91.8 Å². The largest absolute Gasteiger partial charge is 0.444 e. The van der Waals surface area contributed by atoms with Crippen LogP contribution >= 0.6 is 0 Å². The highest BCUT2D eigenvalue weighted by molar-refractivity contribution is 7.90. The lowest BCUT2D eigenvalue weighted by atomic mass is 9.75. The predicted molar refractivity (Wildman–Crippen MR) is 497 cm³/mol. The van der Waals surface area contributed by atoms with E-state index in [-0.39, 0.29) is 120 Å². The molecular weight excluding hydrogens is 1710 g/mol. The maximum atomic E-state index is 12.0. The number of ether oxygens (including phenoxy) is 2. The van der Waals surface area contributed by atoms with Gasteiger partial charge < -0.3 is 64.2 Å². The summed E-state index contributed by atoms with van der Waals surface area (Å²) >= 11 is 0. The summed E-state index contributed by atoms with van der Waals surface area (Å²) in [5.74, 6) is 2.35. The summed E-state index contributed by atoms with van der Waals surface area (Å²) in [4.78, 5) is 48.1. The van der Waals surface area contributed by atoms with Gasteiger partial charge in [0.1, 0.15) is 27.7 Å². The fraction of sp³-hybridized carbons (Fsp3) is 0.860. The molecule has 0 bridgehead atoms. The topological polar surface area (TPSA) is 493 Å². The Morgan fingerprint density at radius 1 is 0.528 bits per heavy atom. The van der Waals surface area contributed by atoms with Crippen LogP contribution in [0, 0.1) is 70.0 Å². The number of imidazole rings is 2. The third kappa shape index (κ3) is 66.1. The highest BCUT2D eigenvalue weighted by atomic mass is 32.2. The number of carbonyl (C=O) groups is 3. The molecule has 34 nitrogen and oxygen atoms in total. The minimum absolute atomic E-state index is 0.00231. The van der Waals surface area contributed by atoms with Crippen LogP contribution in [0.15, 0.2) is 38.1 Å². The third-order valence-corrected chi connectivity index (χ3v) is 25.0. The molecule has 1 saturated carbocycles. The molecule has 39 heteroatoms. The van der Waals surface area contributed by atoms with Crippen LogP contribution in [0.3, 0.4) is 0 Å². The van der Waals surface area contributed by atoms with Crippen molar-refractivity contribution in [3.05, 3.63) is 36.0 Å². The van der Waals surface area contributed by atoms with Gasteiger partial charge in [-0.3, -0.25) is 4.79 Å². The number of H-pyrrole nitrogens is 1. The second-order valence-corrected chi connectivity index (χ2v) is 53.5. The number of aliphatic hydroxyl groups excluding tert-OH is 5. The fourth-order valence-corrected chi connectivity index (χ4v) is 16.6. The van der Waals surface area contributed by atoms with Gasteiger partial charge in [-0.2, -0.15) is 0 Å². The van der Waals surface area contributed by atoms with E-state index >= 15 is 0 Å². The van der Waals surface area contributed by atoms with Crippen molar-refractivity contribution in [1.29, 1.82) is 0 Å². The van der Waals surface area contributed by atoms with Gasteiger partial charge in [0, 0.05) is 86.1 Å². The Balaban J connectivity index is -0.00000137. The van der Waals surface area contributed by atoms with Gasteiger partial charge in [-0.25, -0.2) is 85.3 Å². The van der Waals surface area contributed by atoms with E-state index in [2.05, 4.69) is 111 Å². The lowest BCUT2D eigenvalue weighted by Crippen LogP contribution is -2.43. The van der Waals surface area contributed by atoms with Crippen LogP contribution in [0.2, 0.25) is 0 Å². The summed E-state index contributed by atoms with van der Waals surface area (Å²) in [6.07, 6.45) is 8.01. The van der Waals surface area contributed by atoms with Crippen molar-refractivity contribution in [3.8, 4) is 0 Å². The Morgan fingerprint density at radius 3 is 1.21 bits per heavy atom. The summed E-state index contributed by atoms with van der Waals surface area (Å²) in [6, 6.07) is 0. The lowest BCUT2D eigenvalue weighted by molar-refractivity contribution is -0.130. The molecule has 2 fully saturated rings. The number of alkyl carbamates (subject to hydrolysis) is 1. The monoisotopic (exact) mass is 1880 g/mol. The van der Waals surface area contributed by atoms with E-state index in [9.17, 15) is 82.0 Å². The van der Waals surface area contributed by atoms with E-state index in [0.717, 1.165) is 51.4 Å². The van der Waals surface area contributed by atoms with Crippen molar-refractivity contribution < 1.29 is 96.0 Å². The van der Waals surface area contributed by atoms with Gasteiger partial charge in [0.05, 0.1) is 53.9 Å². The highest BCUT2D eigenvalue weighted by Crippen LogP contribution is 2.35. The number of amides is 3. The molecule has 125 heavy (non-hydrogen) atoms. The summed E-state index contributed by atoms with van der Waals surface area (Å²) in [6.45, 7) is 69.7. The number of aromatic amines is 1. The number of hydrogen-bond donors (Lipinski definition) is 12. The van der Waals surface area contributed by atoms with Crippen LogP contribution in [0.25, 0.3) is 0 Å². The lowest BCUT2D eigenvalue weighted by Gasteiger charge is -2.39. The van der Waals surface area contributed by atoms with Crippen molar-refractivity contribution in [1.82, 2.24) is 63.4 Å². The number of aliphatic hydroxyl groups is 5. The number of likely N-dealkylation sites (tertiary alicyclic amines) is 1. The van der Waals surface area contributed by atoms with Crippen LogP contribution in [-0.2, 0) is 71.4 Å². The van der Waals surface area contributed by atoms with Crippen molar-refractivity contribution in [2.24, 2.45) is 56.3 Å². The van der Waals surface area contributed by atoms with E-state index in [1.807, 2.05) is 150 Å². The number of hydrogen-bond acceptors (Lipinski definition) is 24. The molecule has 0 radical (unpaired) electrons. The molecule has 4 heterocycles. The summed E-state index contributed by atoms with van der Waals surface area (Å²) < 4.78 is 145. The van der Waals surface area contributed by atoms with Crippen molar-refractivity contribution >= 4 is 68.2 Å². The van der Waals surface area contributed by atoms with Gasteiger partial charge in [0.2, 0.25) is 36.0 Å². The zero-order valence-electron chi connectivity index (χ0n) is 83.4. The molecule has 12 N–H and O–H groups in total. The number of piperidine rings is 1. The first-order chi connectivity index (χ1) is 55.6. The average molecular weight is 1890 g/mol. The van der Waals surface area contributed by atoms with Gasteiger partial charge in [-0.15, -0.1) is 0 Å². The highest BCUT2D eigenvalue weighted by Gasteiger charge is 2.37. The van der Waals surface area contributed by atoms with E-state index in [1.54, 1.807) is 51.4 Å². The van der Waals surface area contributed by atoms with Crippen molar-refractivity contribution in [2.75, 3.05) is 72.2 Å². The molecule has 3 aromatic rings. The number of nitrogens with zero attached hydrogens (tertiary/aromatic N) is 6. The van der Waals surface area contributed by atoms with Gasteiger partial charge >= 0.3 is 12.2 Å². The quantitative estimate of drug-likeness (QED) is 0.0321. The van der Waals surface area contributed by atoms with Crippen LogP contribution in [-0.4, -0.2) is 239 Å². The van der Waals surface area contributed by atoms with Gasteiger partial charge in [-0.1, -0.05) is 171 Å². The minimum atomic E-state index is -3.66. The molecule has 0 aromatic carbocycles.